The SMILES string of the molecule is NC(=O)[C@@H]1CC[C@H](n2cnc3c(NCC(F)F)cc(Cl)nc32)C1. The molecule has 6 nitrogen and oxygen atoms in total. The minimum atomic E-state index is -2.48. The summed E-state index contributed by atoms with van der Waals surface area (Å²) in [5.74, 6) is -0.463. The Morgan fingerprint density at radius 1 is 1.52 bits per heavy atom. The zero-order valence-corrected chi connectivity index (χ0v) is 12.9. The average Bonchev–Trinajstić information content (AvgIpc) is 3.10. The minimum absolute atomic E-state index is 0.0476. The molecule has 1 saturated carbocycles. The van der Waals surface area contributed by atoms with Crippen LogP contribution >= 0.6 is 11.6 Å². The molecule has 124 valence electrons. The molecular formula is C14H16ClF2N5O. The molecule has 2 aromatic rings. The summed E-state index contributed by atoms with van der Waals surface area (Å²) in [4.78, 5) is 19.8. The molecule has 2 aromatic heterocycles. The maximum Gasteiger partial charge on any atom is 0.255 e. The molecule has 0 radical (unpaired) electrons. The minimum Gasteiger partial charge on any atom is -0.377 e. The van der Waals surface area contributed by atoms with E-state index in [-0.39, 0.29) is 23.0 Å². The highest BCUT2D eigenvalue weighted by molar-refractivity contribution is 6.30. The molecule has 3 N–H and O–H groups in total. The van der Waals surface area contributed by atoms with Gasteiger partial charge in [-0.3, -0.25) is 4.79 Å². The second kappa shape index (κ2) is 6.27. The number of hydrogen-bond acceptors (Lipinski definition) is 4. The number of imidazole rings is 1. The second-order valence-corrected chi connectivity index (χ2v) is 6.04. The van der Waals surface area contributed by atoms with Crippen molar-refractivity contribution >= 4 is 34.4 Å². The van der Waals surface area contributed by atoms with Crippen LogP contribution in [0.5, 0.6) is 0 Å². The molecule has 23 heavy (non-hydrogen) atoms. The van der Waals surface area contributed by atoms with E-state index in [9.17, 15) is 13.6 Å². The van der Waals surface area contributed by atoms with Gasteiger partial charge >= 0.3 is 0 Å². The van der Waals surface area contributed by atoms with Gasteiger partial charge in [-0.25, -0.2) is 18.7 Å². The van der Waals surface area contributed by atoms with Gasteiger partial charge in [0.05, 0.1) is 18.6 Å². The third kappa shape index (κ3) is 3.21. The number of carbonyl (C=O) groups is 1. The van der Waals surface area contributed by atoms with E-state index in [0.29, 0.717) is 23.3 Å². The summed E-state index contributed by atoms with van der Waals surface area (Å²) in [6, 6.07) is 1.52. The summed E-state index contributed by atoms with van der Waals surface area (Å²) in [6.07, 6.45) is 1.25. The molecule has 0 bridgehead atoms. The highest BCUT2D eigenvalue weighted by Crippen LogP contribution is 2.37. The smallest absolute Gasteiger partial charge is 0.255 e. The highest BCUT2D eigenvalue weighted by Gasteiger charge is 2.30. The lowest BCUT2D eigenvalue weighted by Gasteiger charge is -2.13. The number of nitrogens with one attached hydrogen (secondary N) is 1. The number of halogens is 3. The van der Waals surface area contributed by atoms with Gasteiger partial charge < -0.3 is 15.6 Å². The Morgan fingerprint density at radius 3 is 2.96 bits per heavy atom. The van der Waals surface area contributed by atoms with Crippen LogP contribution in [0.3, 0.4) is 0 Å². The first-order valence-electron chi connectivity index (χ1n) is 7.30. The molecule has 2 atom stereocenters. The number of amides is 1. The predicted molar refractivity (Wildman–Crippen MR) is 82.6 cm³/mol. The molecule has 1 aliphatic carbocycles. The zero-order valence-electron chi connectivity index (χ0n) is 12.2. The number of aromatic nitrogens is 3. The lowest BCUT2D eigenvalue weighted by molar-refractivity contribution is -0.121. The van der Waals surface area contributed by atoms with Crippen LogP contribution in [0.2, 0.25) is 5.15 Å². The van der Waals surface area contributed by atoms with E-state index >= 15 is 0 Å². The standard InChI is InChI=1S/C14H16ClF2N5O/c15-10-4-9(19-5-11(16)17)12-14(21-10)22(6-20-12)8-2-1-7(3-8)13(18)23/h4,6-8,11H,1-3,5H2,(H2,18,23)(H,19,21)/t7-,8+/m1/s1. The van der Waals surface area contributed by atoms with Crippen LogP contribution in [-0.4, -0.2) is 33.4 Å². The molecule has 0 unspecified atom stereocenters. The van der Waals surface area contributed by atoms with Crippen molar-refractivity contribution in [2.45, 2.75) is 31.7 Å². The molecule has 1 fully saturated rings. The maximum absolute atomic E-state index is 12.4. The summed E-state index contributed by atoms with van der Waals surface area (Å²) in [6.45, 7) is -0.491. The summed E-state index contributed by atoms with van der Waals surface area (Å²) in [5, 5.41) is 2.83. The molecule has 0 aromatic carbocycles. The fourth-order valence-electron chi connectivity index (χ4n) is 3.03. The van der Waals surface area contributed by atoms with E-state index in [4.69, 9.17) is 17.3 Å². The van der Waals surface area contributed by atoms with Gasteiger partial charge in [0, 0.05) is 18.0 Å². The van der Waals surface area contributed by atoms with Crippen molar-refractivity contribution in [3.8, 4) is 0 Å². The number of primary amides is 1. The summed E-state index contributed by atoms with van der Waals surface area (Å²) < 4.78 is 26.7. The van der Waals surface area contributed by atoms with Crippen LogP contribution in [0.25, 0.3) is 11.2 Å². The number of carbonyl (C=O) groups excluding carboxylic acids is 1. The molecule has 2 heterocycles. The number of alkyl halides is 2. The van der Waals surface area contributed by atoms with Crippen molar-refractivity contribution in [3.63, 3.8) is 0 Å². The van der Waals surface area contributed by atoms with E-state index in [0.717, 1.165) is 12.8 Å². The number of rotatable bonds is 5. The van der Waals surface area contributed by atoms with E-state index in [2.05, 4.69) is 15.3 Å². The van der Waals surface area contributed by atoms with Crippen molar-refractivity contribution in [1.82, 2.24) is 14.5 Å². The predicted octanol–water partition coefficient (Wildman–Crippen LogP) is 2.59. The molecule has 3 rings (SSSR count). The topological polar surface area (TPSA) is 85.8 Å². The molecule has 9 heteroatoms. The van der Waals surface area contributed by atoms with Crippen LogP contribution in [0.1, 0.15) is 25.3 Å². The lowest BCUT2D eigenvalue weighted by atomic mass is 10.1. The van der Waals surface area contributed by atoms with Crippen molar-refractivity contribution in [2.75, 3.05) is 11.9 Å². The Kier molecular flexibility index (Phi) is 4.34. The number of nitrogens with two attached hydrogens (primary N) is 1. The van der Waals surface area contributed by atoms with Crippen molar-refractivity contribution in [1.29, 1.82) is 0 Å². The maximum atomic E-state index is 12.4. The van der Waals surface area contributed by atoms with Crippen molar-refractivity contribution < 1.29 is 13.6 Å². The van der Waals surface area contributed by atoms with Crippen LogP contribution in [0.4, 0.5) is 14.5 Å². The number of nitrogens with zero attached hydrogens (tertiary/aromatic N) is 3. The molecule has 1 aliphatic rings. The third-order valence-electron chi connectivity index (χ3n) is 4.15. The number of fused-ring (bicyclic) bond motifs is 1. The average molecular weight is 344 g/mol. The van der Waals surface area contributed by atoms with Gasteiger partial charge in [-0.05, 0) is 19.3 Å². The molecule has 1 amide bonds. The normalized spacial score (nSPS) is 21.2. The fraction of sp³-hybridized carbons (Fsp3) is 0.500. The quantitative estimate of drug-likeness (QED) is 0.817. The monoisotopic (exact) mass is 343 g/mol. The van der Waals surface area contributed by atoms with Crippen LogP contribution < -0.4 is 11.1 Å². The molecule has 0 aliphatic heterocycles. The van der Waals surface area contributed by atoms with E-state index in [1.165, 1.54) is 6.07 Å². The molecule has 0 saturated heterocycles. The lowest BCUT2D eigenvalue weighted by Crippen LogP contribution is -2.21. The first-order valence-corrected chi connectivity index (χ1v) is 7.68. The first kappa shape index (κ1) is 15.9. The molecule has 0 spiro atoms. The number of anilines is 1. The first-order chi connectivity index (χ1) is 11.0. The van der Waals surface area contributed by atoms with E-state index < -0.39 is 13.0 Å². The van der Waals surface area contributed by atoms with E-state index in [1.54, 1.807) is 6.33 Å². The Morgan fingerprint density at radius 2 is 2.30 bits per heavy atom. The van der Waals surface area contributed by atoms with Crippen molar-refractivity contribution in [3.05, 3.63) is 17.5 Å². The van der Waals surface area contributed by atoms with Gasteiger partial charge in [0.15, 0.2) is 5.65 Å². The molecular weight excluding hydrogens is 328 g/mol. The number of pyridine rings is 1. The van der Waals surface area contributed by atoms with Crippen LogP contribution in [-0.2, 0) is 4.79 Å². The Labute approximate surface area is 136 Å². The summed E-state index contributed by atoms with van der Waals surface area (Å²) >= 11 is 6.00. The van der Waals surface area contributed by atoms with Gasteiger partial charge in [0.25, 0.3) is 6.43 Å². The van der Waals surface area contributed by atoms with Gasteiger partial charge in [-0.2, -0.15) is 0 Å². The zero-order chi connectivity index (χ0) is 16.6. The van der Waals surface area contributed by atoms with E-state index in [1.807, 2.05) is 4.57 Å². The van der Waals surface area contributed by atoms with Gasteiger partial charge in [0.2, 0.25) is 5.91 Å². The van der Waals surface area contributed by atoms with Gasteiger partial charge in [-0.1, -0.05) is 11.6 Å². The van der Waals surface area contributed by atoms with Crippen molar-refractivity contribution in [2.24, 2.45) is 11.7 Å². The Bertz CT molecular complexity index is 735. The summed E-state index contributed by atoms with van der Waals surface area (Å²) in [7, 11) is 0. The fourth-order valence-corrected chi connectivity index (χ4v) is 3.22. The number of hydrogen-bond donors (Lipinski definition) is 2. The van der Waals surface area contributed by atoms with Crippen LogP contribution in [0.15, 0.2) is 12.4 Å². The Hall–Kier alpha value is -1.96. The third-order valence-corrected chi connectivity index (χ3v) is 4.34. The largest absolute Gasteiger partial charge is 0.377 e. The summed E-state index contributed by atoms with van der Waals surface area (Å²) in [5.41, 5.74) is 6.78. The Balaban J connectivity index is 1.93. The van der Waals surface area contributed by atoms with Crippen LogP contribution in [0, 0.1) is 5.92 Å². The van der Waals surface area contributed by atoms with Gasteiger partial charge in [0.1, 0.15) is 10.7 Å². The second-order valence-electron chi connectivity index (χ2n) is 5.65. The van der Waals surface area contributed by atoms with Gasteiger partial charge in [-0.15, -0.1) is 0 Å². The highest BCUT2D eigenvalue weighted by atomic mass is 35.5.